The van der Waals surface area contributed by atoms with Crippen LogP contribution in [0.4, 0.5) is 0 Å². The third-order valence-corrected chi connectivity index (χ3v) is 4.28. The van der Waals surface area contributed by atoms with Gasteiger partial charge in [0.15, 0.2) is 0 Å². The third kappa shape index (κ3) is 1.54. The molecule has 74 valence electrons. The zero-order chi connectivity index (χ0) is 10.1. The van der Waals surface area contributed by atoms with Crippen LogP contribution in [0.3, 0.4) is 0 Å². The van der Waals surface area contributed by atoms with Gasteiger partial charge in [0.1, 0.15) is 5.75 Å². The summed E-state index contributed by atoms with van der Waals surface area (Å²) in [7, 11) is 0. The number of phenols is 1. The molecular weight excluding hydrogens is 264 g/mol. The van der Waals surface area contributed by atoms with E-state index in [2.05, 4.69) is 15.9 Å². The van der Waals surface area contributed by atoms with Crippen molar-refractivity contribution in [1.29, 1.82) is 0 Å². The zero-order valence-electron chi connectivity index (χ0n) is 7.33. The number of thiophene rings is 1. The predicted octanol–water partition coefficient (Wildman–Crippen LogP) is 2.99. The molecule has 0 amide bonds. The second kappa shape index (κ2) is 3.88. The van der Waals surface area contributed by atoms with Crippen molar-refractivity contribution in [2.45, 2.75) is 11.9 Å². The maximum atomic E-state index is 9.34. The van der Waals surface area contributed by atoms with Crippen molar-refractivity contribution in [2.24, 2.45) is 0 Å². The van der Waals surface area contributed by atoms with Gasteiger partial charge in [0, 0.05) is 25.9 Å². The Labute approximate surface area is 93.9 Å². The van der Waals surface area contributed by atoms with Gasteiger partial charge in [-0.05, 0) is 18.2 Å². The fourth-order valence-electron chi connectivity index (χ4n) is 1.47. The van der Waals surface area contributed by atoms with Gasteiger partial charge in [0.2, 0.25) is 0 Å². The summed E-state index contributed by atoms with van der Waals surface area (Å²) in [5.74, 6) is 0.242. The molecule has 0 aliphatic heterocycles. The second-order valence-electron chi connectivity index (χ2n) is 2.98. The van der Waals surface area contributed by atoms with Crippen LogP contribution in [0.5, 0.6) is 5.75 Å². The lowest BCUT2D eigenvalue weighted by molar-refractivity contribution is 0.283. The van der Waals surface area contributed by atoms with E-state index in [1.54, 1.807) is 23.5 Å². The lowest BCUT2D eigenvalue weighted by Crippen LogP contribution is -1.84. The van der Waals surface area contributed by atoms with E-state index in [-0.39, 0.29) is 12.4 Å². The average Bonchev–Trinajstić information content (AvgIpc) is 2.54. The number of phenolic OH excluding ortho intramolecular Hbond substituents is 1. The normalized spacial score (nSPS) is 11.0. The van der Waals surface area contributed by atoms with Crippen molar-refractivity contribution in [3.8, 4) is 5.75 Å². The van der Waals surface area contributed by atoms with Crippen molar-refractivity contribution >= 4 is 37.4 Å². The van der Waals surface area contributed by atoms with Gasteiger partial charge >= 0.3 is 0 Å². The summed E-state index contributed by atoms with van der Waals surface area (Å²) in [5.41, 5.74) is 0.915. The Bertz CT molecular complexity index is 464. The van der Waals surface area contributed by atoms with Gasteiger partial charge in [-0.25, -0.2) is 0 Å². The Morgan fingerprint density at radius 2 is 2.14 bits per heavy atom. The van der Waals surface area contributed by atoms with Crippen LogP contribution in [0.15, 0.2) is 18.2 Å². The van der Waals surface area contributed by atoms with Crippen molar-refractivity contribution in [3.63, 3.8) is 0 Å². The summed E-state index contributed by atoms with van der Waals surface area (Å²) in [5, 5.41) is 20.3. The Hall–Kier alpha value is -0.580. The van der Waals surface area contributed by atoms with Crippen molar-refractivity contribution < 1.29 is 10.2 Å². The lowest BCUT2D eigenvalue weighted by atomic mass is 10.1. The van der Waals surface area contributed by atoms with E-state index >= 15 is 0 Å². The molecule has 0 saturated heterocycles. The number of alkyl halides is 1. The number of hydrogen-bond donors (Lipinski definition) is 2. The second-order valence-corrected chi connectivity index (χ2v) is 4.67. The maximum absolute atomic E-state index is 9.34. The van der Waals surface area contributed by atoms with E-state index < -0.39 is 0 Å². The SMILES string of the molecule is OCc1c(CBr)sc2ccc(O)cc12. The molecule has 0 bridgehead atoms. The van der Waals surface area contributed by atoms with Gasteiger partial charge < -0.3 is 10.2 Å². The van der Waals surface area contributed by atoms with Crippen molar-refractivity contribution in [2.75, 3.05) is 0 Å². The molecule has 1 heterocycles. The van der Waals surface area contributed by atoms with Crippen LogP contribution in [-0.4, -0.2) is 10.2 Å². The quantitative estimate of drug-likeness (QED) is 0.826. The average molecular weight is 273 g/mol. The Morgan fingerprint density at radius 1 is 1.36 bits per heavy atom. The zero-order valence-corrected chi connectivity index (χ0v) is 9.73. The molecule has 0 spiro atoms. The molecule has 14 heavy (non-hydrogen) atoms. The van der Waals surface area contributed by atoms with Crippen LogP contribution in [-0.2, 0) is 11.9 Å². The largest absolute Gasteiger partial charge is 0.508 e. The summed E-state index contributed by atoms with van der Waals surface area (Å²) in [6, 6.07) is 5.24. The maximum Gasteiger partial charge on any atom is 0.116 e. The molecule has 2 nitrogen and oxygen atoms in total. The van der Waals surface area contributed by atoms with E-state index in [0.29, 0.717) is 0 Å². The smallest absolute Gasteiger partial charge is 0.116 e. The first-order valence-electron chi connectivity index (χ1n) is 4.16. The van der Waals surface area contributed by atoms with Gasteiger partial charge in [-0.3, -0.25) is 0 Å². The molecular formula is C10H9BrO2S. The highest BCUT2D eigenvalue weighted by Gasteiger charge is 2.10. The van der Waals surface area contributed by atoms with Gasteiger partial charge in [0.05, 0.1) is 6.61 Å². The first-order chi connectivity index (χ1) is 6.76. The van der Waals surface area contributed by atoms with E-state index in [1.807, 2.05) is 6.07 Å². The first-order valence-corrected chi connectivity index (χ1v) is 6.10. The fraction of sp³-hybridized carbons (Fsp3) is 0.200. The first kappa shape index (κ1) is 9.96. The monoisotopic (exact) mass is 272 g/mol. The number of hydrogen-bond acceptors (Lipinski definition) is 3. The number of rotatable bonds is 2. The van der Waals surface area contributed by atoms with Gasteiger partial charge in [-0.15, -0.1) is 11.3 Å². The van der Waals surface area contributed by atoms with Crippen LogP contribution in [0, 0.1) is 0 Å². The molecule has 0 atom stereocenters. The molecule has 1 aromatic carbocycles. The Balaban J connectivity index is 2.74. The highest BCUT2D eigenvalue weighted by Crippen LogP contribution is 2.34. The summed E-state index contributed by atoms with van der Waals surface area (Å²) in [4.78, 5) is 1.12. The van der Waals surface area contributed by atoms with Crippen LogP contribution >= 0.6 is 27.3 Å². The summed E-state index contributed by atoms with van der Waals surface area (Å²) >= 11 is 5.02. The van der Waals surface area contributed by atoms with Crippen LogP contribution in [0.25, 0.3) is 10.1 Å². The Kier molecular flexibility index (Phi) is 2.76. The molecule has 2 aromatic rings. The highest BCUT2D eigenvalue weighted by molar-refractivity contribution is 9.08. The molecule has 2 N–H and O–H groups in total. The molecule has 4 heteroatoms. The molecule has 1 aromatic heterocycles. The molecule has 0 aliphatic rings. The lowest BCUT2D eigenvalue weighted by Gasteiger charge is -1.97. The van der Waals surface area contributed by atoms with E-state index in [9.17, 15) is 10.2 Å². The van der Waals surface area contributed by atoms with E-state index in [4.69, 9.17) is 0 Å². The molecule has 0 saturated carbocycles. The predicted molar refractivity (Wildman–Crippen MR) is 62.0 cm³/mol. The van der Waals surface area contributed by atoms with Gasteiger partial charge in [0.25, 0.3) is 0 Å². The van der Waals surface area contributed by atoms with Gasteiger partial charge in [-0.2, -0.15) is 0 Å². The van der Waals surface area contributed by atoms with E-state index in [1.165, 1.54) is 0 Å². The van der Waals surface area contributed by atoms with Crippen molar-refractivity contribution in [1.82, 2.24) is 0 Å². The molecule has 0 unspecified atom stereocenters. The summed E-state index contributed by atoms with van der Waals surface area (Å²) < 4.78 is 1.10. The van der Waals surface area contributed by atoms with Crippen molar-refractivity contribution in [3.05, 3.63) is 28.6 Å². The summed E-state index contributed by atoms with van der Waals surface area (Å²) in [6.45, 7) is 0.0182. The minimum atomic E-state index is 0.0182. The molecule has 0 radical (unpaired) electrons. The molecule has 0 fully saturated rings. The molecule has 2 rings (SSSR count). The van der Waals surface area contributed by atoms with E-state index in [0.717, 1.165) is 25.9 Å². The minimum Gasteiger partial charge on any atom is -0.508 e. The number of fused-ring (bicyclic) bond motifs is 1. The third-order valence-electron chi connectivity index (χ3n) is 2.14. The minimum absolute atomic E-state index is 0.0182. The van der Waals surface area contributed by atoms with Gasteiger partial charge in [-0.1, -0.05) is 15.9 Å². The highest BCUT2D eigenvalue weighted by atomic mass is 79.9. The number of benzene rings is 1. The number of aromatic hydroxyl groups is 1. The summed E-state index contributed by atoms with van der Waals surface area (Å²) in [6.07, 6.45) is 0. The Morgan fingerprint density at radius 3 is 2.79 bits per heavy atom. The molecule has 0 aliphatic carbocycles. The standard InChI is InChI=1S/C10H9BrO2S/c11-4-10-8(5-12)7-3-6(13)1-2-9(7)14-10/h1-3,12-13H,4-5H2. The van der Waals surface area contributed by atoms with Crippen LogP contribution in [0.1, 0.15) is 10.4 Å². The number of aliphatic hydroxyl groups excluding tert-OH is 1. The fourth-order valence-corrected chi connectivity index (χ4v) is 3.20. The van der Waals surface area contributed by atoms with Crippen LogP contribution in [0.2, 0.25) is 0 Å². The van der Waals surface area contributed by atoms with Crippen LogP contribution < -0.4 is 0 Å². The number of aliphatic hydroxyl groups is 1. The topological polar surface area (TPSA) is 40.5 Å². The number of halogens is 1.